The number of hydrogen-bond acceptors (Lipinski definition) is 3. The van der Waals surface area contributed by atoms with Crippen LogP contribution in [-0.4, -0.2) is 27.3 Å². The van der Waals surface area contributed by atoms with E-state index in [0.29, 0.717) is 6.54 Å². The van der Waals surface area contributed by atoms with E-state index in [2.05, 4.69) is 65.9 Å². The van der Waals surface area contributed by atoms with Gasteiger partial charge in [0.2, 0.25) is 0 Å². The van der Waals surface area contributed by atoms with Gasteiger partial charge in [0, 0.05) is 19.0 Å². The Balaban J connectivity index is 1.90. The molecule has 0 saturated heterocycles. The van der Waals surface area contributed by atoms with E-state index in [0.717, 1.165) is 5.82 Å². The molecule has 1 heterocycles. The summed E-state index contributed by atoms with van der Waals surface area (Å²) in [5.41, 5.74) is 2.29. The maximum atomic E-state index is 12.1. The summed E-state index contributed by atoms with van der Waals surface area (Å²) in [7, 11) is 1.85. The highest BCUT2D eigenvalue weighted by atomic mass is 16.2. The quantitative estimate of drug-likeness (QED) is 0.890. The number of benzene rings is 1. The maximum absolute atomic E-state index is 12.1. The summed E-state index contributed by atoms with van der Waals surface area (Å²) >= 11 is 0. The molecule has 0 bridgehead atoms. The zero-order valence-electron chi connectivity index (χ0n) is 14.4. The second-order valence-electron chi connectivity index (χ2n) is 6.60. The van der Waals surface area contributed by atoms with Crippen LogP contribution in [0, 0.1) is 6.92 Å². The number of aryl methyl sites for hydroxylation is 2. The van der Waals surface area contributed by atoms with E-state index in [9.17, 15) is 4.79 Å². The highest BCUT2D eigenvalue weighted by Crippen LogP contribution is 2.22. The lowest BCUT2D eigenvalue weighted by Gasteiger charge is -2.26. The zero-order valence-corrected chi connectivity index (χ0v) is 14.4. The van der Waals surface area contributed by atoms with Crippen LogP contribution in [0.1, 0.15) is 43.8 Å². The van der Waals surface area contributed by atoms with Gasteiger partial charge >= 0.3 is 6.03 Å². The fourth-order valence-corrected chi connectivity index (χ4v) is 2.40. The molecule has 23 heavy (non-hydrogen) atoms. The minimum atomic E-state index is -0.208. The molecule has 0 spiro atoms. The summed E-state index contributed by atoms with van der Waals surface area (Å²) < 4.78 is 1.79. The average Bonchev–Trinajstić information content (AvgIpc) is 2.92. The molecule has 0 aliphatic heterocycles. The Morgan fingerprint density at radius 2 is 1.96 bits per heavy atom. The number of urea groups is 1. The van der Waals surface area contributed by atoms with Crippen molar-refractivity contribution in [1.29, 1.82) is 0 Å². The van der Waals surface area contributed by atoms with Crippen LogP contribution in [0.5, 0.6) is 0 Å². The monoisotopic (exact) mass is 315 g/mol. The van der Waals surface area contributed by atoms with Gasteiger partial charge in [-0.25, -0.2) is 4.79 Å². The molecule has 6 nitrogen and oxygen atoms in total. The maximum Gasteiger partial charge on any atom is 0.315 e. The second-order valence-corrected chi connectivity index (χ2v) is 6.60. The lowest BCUT2D eigenvalue weighted by molar-refractivity contribution is 0.234. The van der Waals surface area contributed by atoms with Crippen molar-refractivity contribution < 1.29 is 4.79 Å². The van der Waals surface area contributed by atoms with E-state index in [1.54, 1.807) is 10.9 Å². The molecule has 2 N–H and O–H groups in total. The van der Waals surface area contributed by atoms with Gasteiger partial charge in [-0.3, -0.25) is 0 Å². The number of rotatable bonds is 5. The molecule has 0 aliphatic carbocycles. The van der Waals surface area contributed by atoms with Gasteiger partial charge in [0.25, 0.3) is 0 Å². The summed E-state index contributed by atoms with van der Waals surface area (Å²) in [6.07, 6.45) is 1.62. The van der Waals surface area contributed by atoms with Crippen LogP contribution in [0.25, 0.3) is 0 Å². The predicted octanol–water partition coefficient (Wildman–Crippen LogP) is 2.46. The zero-order chi connectivity index (χ0) is 17.0. The van der Waals surface area contributed by atoms with Crippen molar-refractivity contribution in [1.82, 2.24) is 25.4 Å². The van der Waals surface area contributed by atoms with Crippen molar-refractivity contribution >= 4 is 6.03 Å². The Kier molecular flexibility index (Phi) is 5.03. The molecule has 0 radical (unpaired) electrons. The van der Waals surface area contributed by atoms with E-state index in [1.165, 1.54) is 11.1 Å². The largest absolute Gasteiger partial charge is 0.337 e. The third-order valence-electron chi connectivity index (χ3n) is 4.01. The molecule has 0 aliphatic rings. The summed E-state index contributed by atoms with van der Waals surface area (Å²) in [6.45, 7) is 8.73. The van der Waals surface area contributed by atoms with Crippen molar-refractivity contribution in [3.63, 3.8) is 0 Å². The van der Waals surface area contributed by atoms with Gasteiger partial charge in [0.15, 0.2) is 5.82 Å². The van der Waals surface area contributed by atoms with Crippen molar-refractivity contribution in [2.24, 2.45) is 7.05 Å². The molecule has 124 valence electrons. The van der Waals surface area contributed by atoms with Crippen molar-refractivity contribution in [3.05, 3.63) is 47.5 Å². The first-order valence-corrected chi connectivity index (χ1v) is 7.75. The number of aromatic nitrogens is 3. The van der Waals surface area contributed by atoms with E-state index >= 15 is 0 Å². The van der Waals surface area contributed by atoms with Crippen LogP contribution in [0.2, 0.25) is 0 Å². The molecular formula is C17H25N5O. The first kappa shape index (κ1) is 17.0. The van der Waals surface area contributed by atoms with E-state index < -0.39 is 0 Å². The number of amides is 2. The minimum absolute atomic E-state index is 0.140. The first-order chi connectivity index (χ1) is 10.8. The summed E-state index contributed by atoms with van der Waals surface area (Å²) in [4.78, 5) is 12.1. The normalized spacial score (nSPS) is 12.7. The van der Waals surface area contributed by atoms with Crippen LogP contribution >= 0.6 is 0 Å². The number of carbonyl (C=O) groups excluding carboxylic acids is 1. The van der Waals surface area contributed by atoms with Crippen LogP contribution in [0.15, 0.2) is 30.6 Å². The van der Waals surface area contributed by atoms with Gasteiger partial charge in [-0.05, 0) is 19.4 Å². The molecule has 0 saturated carbocycles. The van der Waals surface area contributed by atoms with Gasteiger partial charge in [0.1, 0.15) is 6.33 Å². The van der Waals surface area contributed by atoms with Crippen molar-refractivity contribution in [2.45, 2.75) is 39.2 Å². The molecule has 2 aromatic rings. The van der Waals surface area contributed by atoms with E-state index in [-0.39, 0.29) is 17.5 Å². The third kappa shape index (κ3) is 4.31. The number of nitrogens with one attached hydrogen (secondary N) is 2. The van der Waals surface area contributed by atoms with Gasteiger partial charge in [0.05, 0.1) is 6.04 Å². The molecular weight excluding hydrogens is 290 g/mol. The molecule has 1 aromatic heterocycles. The van der Waals surface area contributed by atoms with Crippen LogP contribution in [0.4, 0.5) is 4.79 Å². The smallest absolute Gasteiger partial charge is 0.315 e. The minimum Gasteiger partial charge on any atom is -0.337 e. The number of hydrogen-bond donors (Lipinski definition) is 2. The SMILES string of the molecule is Cc1ccc(C(C)(C)CNC(=O)NC(C)c2nncn2C)cc1. The highest BCUT2D eigenvalue weighted by Gasteiger charge is 2.22. The van der Waals surface area contributed by atoms with E-state index in [4.69, 9.17) is 0 Å². The summed E-state index contributed by atoms with van der Waals surface area (Å²) in [6, 6.07) is 7.99. The average molecular weight is 315 g/mol. The Morgan fingerprint density at radius 3 is 2.52 bits per heavy atom. The van der Waals surface area contributed by atoms with Gasteiger partial charge in [-0.15, -0.1) is 10.2 Å². The predicted molar refractivity (Wildman–Crippen MR) is 90.2 cm³/mol. The lowest BCUT2D eigenvalue weighted by atomic mass is 9.84. The Bertz CT molecular complexity index is 660. The van der Waals surface area contributed by atoms with Crippen LogP contribution < -0.4 is 10.6 Å². The number of nitrogens with zero attached hydrogens (tertiary/aromatic N) is 3. The summed E-state index contributed by atoms with van der Waals surface area (Å²) in [5.74, 6) is 0.720. The van der Waals surface area contributed by atoms with Gasteiger partial charge in [-0.1, -0.05) is 43.7 Å². The van der Waals surface area contributed by atoms with Gasteiger partial charge in [-0.2, -0.15) is 0 Å². The van der Waals surface area contributed by atoms with Crippen molar-refractivity contribution in [3.8, 4) is 0 Å². The molecule has 1 aromatic carbocycles. The topological polar surface area (TPSA) is 71.8 Å². The van der Waals surface area contributed by atoms with Gasteiger partial charge < -0.3 is 15.2 Å². The van der Waals surface area contributed by atoms with Crippen LogP contribution in [-0.2, 0) is 12.5 Å². The standard InChI is InChI=1S/C17H25N5O/c1-12-6-8-14(9-7-12)17(3,4)10-18-16(23)20-13(2)15-21-19-11-22(15)5/h6-9,11,13H,10H2,1-5H3,(H2,18,20,23). The Labute approximate surface area is 137 Å². The molecule has 6 heteroatoms. The Hall–Kier alpha value is -2.37. The fraction of sp³-hybridized carbons (Fsp3) is 0.471. The molecule has 1 atom stereocenters. The fourth-order valence-electron chi connectivity index (χ4n) is 2.40. The van der Waals surface area contributed by atoms with Crippen LogP contribution in [0.3, 0.4) is 0 Å². The molecule has 2 rings (SSSR count). The third-order valence-corrected chi connectivity index (χ3v) is 4.01. The molecule has 1 unspecified atom stereocenters. The second kappa shape index (κ2) is 6.81. The number of carbonyl (C=O) groups is 1. The van der Waals surface area contributed by atoms with Crippen molar-refractivity contribution in [2.75, 3.05) is 6.54 Å². The first-order valence-electron chi connectivity index (χ1n) is 7.75. The molecule has 0 fully saturated rings. The lowest BCUT2D eigenvalue weighted by Crippen LogP contribution is -2.43. The molecule has 2 amide bonds. The van der Waals surface area contributed by atoms with E-state index in [1.807, 2.05) is 14.0 Å². The highest BCUT2D eigenvalue weighted by molar-refractivity contribution is 5.74. The summed E-state index contributed by atoms with van der Waals surface area (Å²) in [5, 5.41) is 13.7. The Morgan fingerprint density at radius 1 is 1.30 bits per heavy atom.